The summed E-state index contributed by atoms with van der Waals surface area (Å²) in [6, 6.07) is 0.837. The molecule has 0 amide bonds. The maximum atomic E-state index is 4.42. The molecule has 2 unspecified atom stereocenters. The van der Waals surface area contributed by atoms with Gasteiger partial charge in [0.1, 0.15) is 0 Å². The van der Waals surface area contributed by atoms with E-state index in [0.29, 0.717) is 0 Å². The third-order valence-electron chi connectivity index (χ3n) is 3.51. The van der Waals surface area contributed by atoms with Gasteiger partial charge in [-0.1, -0.05) is 27.2 Å². The average Bonchev–Trinajstić information content (AvgIpc) is 2.62. The third-order valence-corrected chi connectivity index (χ3v) is 4.03. The molecule has 0 radical (unpaired) electrons. The smallest absolute Gasteiger partial charge is 0.0119 e. The van der Waals surface area contributed by atoms with Gasteiger partial charge in [-0.25, -0.2) is 0 Å². The van der Waals surface area contributed by atoms with Gasteiger partial charge < -0.3 is 0 Å². The second-order valence-corrected chi connectivity index (χ2v) is 5.27. The lowest BCUT2D eigenvalue weighted by Gasteiger charge is -2.30. The minimum absolute atomic E-state index is 0.790. The lowest BCUT2D eigenvalue weighted by Crippen LogP contribution is -2.37. The predicted molar refractivity (Wildman–Crippen MR) is 67.1 cm³/mol. The maximum absolute atomic E-state index is 4.42. The molecule has 84 valence electrons. The molecule has 0 saturated carbocycles. The van der Waals surface area contributed by atoms with Gasteiger partial charge in [-0.05, 0) is 37.0 Å². The summed E-state index contributed by atoms with van der Waals surface area (Å²) in [7, 11) is 0. The molecule has 1 aliphatic rings. The lowest BCUT2D eigenvalue weighted by molar-refractivity contribution is 0.181. The first-order valence-corrected chi connectivity index (χ1v) is 6.67. The molecule has 1 fully saturated rings. The van der Waals surface area contributed by atoms with Crippen molar-refractivity contribution < 1.29 is 0 Å². The molecule has 0 aromatic rings. The zero-order chi connectivity index (χ0) is 10.6. The van der Waals surface area contributed by atoms with Crippen molar-refractivity contribution >= 4 is 12.6 Å². The topological polar surface area (TPSA) is 3.24 Å². The van der Waals surface area contributed by atoms with Crippen molar-refractivity contribution in [1.82, 2.24) is 4.90 Å². The number of nitrogens with zero attached hydrogens (tertiary/aromatic N) is 1. The molecule has 1 nitrogen and oxygen atoms in total. The van der Waals surface area contributed by atoms with Crippen molar-refractivity contribution in [3.05, 3.63) is 0 Å². The molecule has 1 saturated heterocycles. The van der Waals surface area contributed by atoms with E-state index in [1.807, 2.05) is 0 Å². The third kappa shape index (κ3) is 3.16. The molecule has 14 heavy (non-hydrogen) atoms. The van der Waals surface area contributed by atoms with E-state index in [-0.39, 0.29) is 0 Å². The van der Waals surface area contributed by atoms with Crippen LogP contribution in [0.3, 0.4) is 0 Å². The summed E-state index contributed by atoms with van der Waals surface area (Å²) in [5.74, 6) is 2.64. The SMILES string of the molecule is CCC(CS)CN1CCCC1C(C)C. The number of hydrogen-bond acceptors (Lipinski definition) is 2. The van der Waals surface area contributed by atoms with Gasteiger partial charge in [0.15, 0.2) is 0 Å². The Morgan fingerprint density at radius 1 is 1.43 bits per heavy atom. The second kappa shape index (κ2) is 6.02. The zero-order valence-corrected chi connectivity index (χ0v) is 10.8. The van der Waals surface area contributed by atoms with E-state index in [1.165, 1.54) is 32.4 Å². The Balaban J connectivity index is 2.42. The molecular formula is C12H25NS. The molecule has 2 heteroatoms. The van der Waals surface area contributed by atoms with E-state index in [2.05, 4.69) is 38.3 Å². The Morgan fingerprint density at radius 3 is 2.64 bits per heavy atom. The Hall–Kier alpha value is 0.310. The van der Waals surface area contributed by atoms with Crippen LogP contribution in [0.25, 0.3) is 0 Å². The Morgan fingerprint density at radius 2 is 2.14 bits per heavy atom. The van der Waals surface area contributed by atoms with Crippen LogP contribution in [0.1, 0.15) is 40.0 Å². The summed E-state index contributed by atoms with van der Waals surface area (Å²) in [5, 5.41) is 0. The van der Waals surface area contributed by atoms with E-state index in [9.17, 15) is 0 Å². The highest BCUT2D eigenvalue weighted by Crippen LogP contribution is 2.25. The van der Waals surface area contributed by atoms with Gasteiger partial charge in [0, 0.05) is 12.6 Å². The fraction of sp³-hybridized carbons (Fsp3) is 1.00. The highest BCUT2D eigenvalue weighted by atomic mass is 32.1. The van der Waals surface area contributed by atoms with Crippen LogP contribution < -0.4 is 0 Å². The Labute approximate surface area is 94.7 Å². The van der Waals surface area contributed by atoms with Gasteiger partial charge >= 0.3 is 0 Å². The fourth-order valence-corrected chi connectivity index (χ4v) is 2.85. The summed E-state index contributed by atoms with van der Waals surface area (Å²) in [5.41, 5.74) is 0. The van der Waals surface area contributed by atoms with E-state index >= 15 is 0 Å². The first-order chi connectivity index (χ1) is 6.69. The quantitative estimate of drug-likeness (QED) is 0.690. The fourth-order valence-electron chi connectivity index (χ4n) is 2.48. The van der Waals surface area contributed by atoms with Gasteiger partial charge in [-0.3, -0.25) is 4.90 Å². The van der Waals surface area contributed by atoms with E-state index in [4.69, 9.17) is 0 Å². The van der Waals surface area contributed by atoms with Crippen molar-refractivity contribution in [2.75, 3.05) is 18.8 Å². The molecule has 0 N–H and O–H groups in total. The maximum Gasteiger partial charge on any atom is 0.0119 e. The molecule has 0 aromatic carbocycles. The van der Waals surface area contributed by atoms with Gasteiger partial charge in [0.05, 0.1) is 0 Å². The van der Waals surface area contributed by atoms with Crippen LogP contribution in [0, 0.1) is 11.8 Å². The molecule has 2 atom stereocenters. The molecule has 1 rings (SSSR count). The standard InChI is InChI=1S/C12H25NS/c1-4-11(9-14)8-13-7-5-6-12(13)10(2)3/h10-12,14H,4-9H2,1-3H3. The monoisotopic (exact) mass is 215 g/mol. The normalized spacial score (nSPS) is 25.9. The van der Waals surface area contributed by atoms with E-state index < -0.39 is 0 Å². The minimum Gasteiger partial charge on any atom is -0.300 e. The number of thiol groups is 1. The number of hydrogen-bond donors (Lipinski definition) is 1. The molecule has 1 heterocycles. The van der Waals surface area contributed by atoms with Crippen LogP contribution in [0.2, 0.25) is 0 Å². The van der Waals surface area contributed by atoms with Crippen LogP contribution in [0.5, 0.6) is 0 Å². The molecular weight excluding hydrogens is 190 g/mol. The van der Waals surface area contributed by atoms with Crippen molar-refractivity contribution in [3.63, 3.8) is 0 Å². The predicted octanol–water partition coefficient (Wildman–Crippen LogP) is 3.06. The summed E-state index contributed by atoms with van der Waals surface area (Å²) < 4.78 is 0. The first kappa shape index (κ1) is 12.4. The van der Waals surface area contributed by atoms with Crippen molar-refractivity contribution in [2.45, 2.75) is 46.1 Å². The first-order valence-electron chi connectivity index (χ1n) is 6.04. The van der Waals surface area contributed by atoms with Crippen molar-refractivity contribution in [1.29, 1.82) is 0 Å². The van der Waals surface area contributed by atoms with Crippen LogP contribution >= 0.6 is 12.6 Å². The van der Waals surface area contributed by atoms with Crippen molar-refractivity contribution in [2.24, 2.45) is 11.8 Å². The van der Waals surface area contributed by atoms with Gasteiger partial charge in [0.25, 0.3) is 0 Å². The van der Waals surface area contributed by atoms with Gasteiger partial charge in [-0.2, -0.15) is 12.6 Å². The van der Waals surface area contributed by atoms with Gasteiger partial charge in [-0.15, -0.1) is 0 Å². The molecule has 0 spiro atoms. The van der Waals surface area contributed by atoms with Crippen LogP contribution in [0.15, 0.2) is 0 Å². The highest BCUT2D eigenvalue weighted by Gasteiger charge is 2.27. The minimum atomic E-state index is 0.790. The summed E-state index contributed by atoms with van der Waals surface area (Å²) in [6.07, 6.45) is 4.07. The molecule has 1 aliphatic heterocycles. The summed E-state index contributed by atoms with van der Waals surface area (Å²) in [6.45, 7) is 9.56. The second-order valence-electron chi connectivity index (χ2n) is 4.91. The zero-order valence-electron chi connectivity index (χ0n) is 9.87. The average molecular weight is 215 g/mol. The Bertz CT molecular complexity index is 154. The van der Waals surface area contributed by atoms with E-state index in [0.717, 1.165) is 23.6 Å². The largest absolute Gasteiger partial charge is 0.300 e. The molecule has 0 aliphatic carbocycles. The van der Waals surface area contributed by atoms with E-state index in [1.54, 1.807) is 0 Å². The summed E-state index contributed by atoms with van der Waals surface area (Å²) in [4.78, 5) is 2.69. The number of rotatable bonds is 5. The lowest BCUT2D eigenvalue weighted by atomic mass is 10.0. The number of likely N-dealkylation sites (tertiary alicyclic amines) is 1. The van der Waals surface area contributed by atoms with Gasteiger partial charge in [0.2, 0.25) is 0 Å². The van der Waals surface area contributed by atoms with Crippen LogP contribution in [-0.2, 0) is 0 Å². The highest BCUT2D eigenvalue weighted by molar-refractivity contribution is 7.80. The molecule has 0 aromatic heterocycles. The summed E-state index contributed by atoms with van der Waals surface area (Å²) >= 11 is 4.42. The Kier molecular flexibility index (Phi) is 5.32. The molecule has 0 bridgehead atoms. The van der Waals surface area contributed by atoms with Crippen LogP contribution in [0.4, 0.5) is 0 Å². The van der Waals surface area contributed by atoms with Crippen LogP contribution in [-0.4, -0.2) is 29.8 Å². The van der Waals surface area contributed by atoms with Crippen molar-refractivity contribution in [3.8, 4) is 0 Å².